The predicted molar refractivity (Wildman–Crippen MR) is 28.5 cm³/mol. The Kier molecular flexibility index (Phi) is 13.9. The zero-order valence-electron chi connectivity index (χ0n) is 4.79. The second-order valence-corrected chi connectivity index (χ2v) is 0.971. The van der Waals surface area contributed by atoms with Crippen molar-refractivity contribution in [2.45, 2.75) is 0 Å². The van der Waals surface area contributed by atoms with Crippen LogP contribution in [-0.4, -0.2) is 44.7 Å². The summed E-state index contributed by atoms with van der Waals surface area (Å²) in [5, 5.41) is 18.8. The van der Waals surface area contributed by atoms with E-state index in [9.17, 15) is 19.8 Å². The molecule has 0 amide bonds. The van der Waals surface area contributed by atoms with E-state index >= 15 is 0 Å². The van der Waals surface area contributed by atoms with E-state index in [1.165, 1.54) is 0 Å². The summed E-state index contributed by atoms with van der Waals surface area (Å²) < 4.78 is 0. The minimum atomic E-state index is -1.55. The van der Waals surface area contributed by atoms with Crippen LogP contribution in [0.5, 0.6) is 0 Å². The second kappa shape index (κ2) is 8.56. The Hall–Kier alpha value is -0.438. The summed E-state index contributed by atoms with van der Waals surface area (Å²) in [5.41, 5.74) is 0. The van der Waals surface area contributed by atoms with Crippen LogP contribution in [0.1, 0.15) is 0 Å². The molecule has 0 saturated carbocycles. The van der Waals surface area contributed by atoms with Gasteiger partial charge in [-0.25, -0.2) is 0 Å². The third kappa shape index (κ3) is 15.6. The van der Waals surface area contributed by atoms with Crippen molar-refractivity contribution in [3.05, 3.63) is 12.2 Å². The summed E-state index contributed by atoms with van der Waals surface area (Å²) in [6, 6.07) is 0. The molecule has 0 aliphatic carbocycles. The molecule has 2 radical (unpaired) electrons. The minimum Gasteiger partial charge on any atom is -0.545 e. The molecule has 6 heteroatoms. The third-order valence-electron chi connectivity index (χ3n) is 0.355. The van der Waals surface area contributed by atoms with Crippen LogP contribution in [0.25, 0.3) is 0 Å². The van der Waals surface area contributed by atoms with Gasteiger partial charge in [-0.2, -0.15) is 0 Å². The first-order chi connectivity index (χ1) is 3.63. The number of carboxylic acids is 2. The Morgan fingerprint density at radius 1 is 1.00 bits per heavy atom. The second-order valence-electron chi connectivity index (χ2n) is 0.971. The molecule has 0 aromatic rings. The molecule has 0 saturated heterocycles. The van der Waals surface area contributed by atoms with Crippen molar-refractivity contribution >= 4 is 39.2 Å². The Balaban J connectivity index is -0.000000245. The van der Waals surface area contributed by atoms with Crippen LogP contribution in [0, 0.1) is 0 Å². The maximum Gasteiger partial charge on any atom is 2.00 e. The monoisotopic (exact) mass is 340 g/mol. The summed E-state index contributed by atoms with van der Waals surface area (Å²) in [6.07, 6.45) is 0.769. The summed E-state index contributed by atoms with van der Waals surface area (Å²) in [4.78, 5) is 18.8. The Bertz CT molecular complexity index is 125. The smallest absolute Gasteiger partial charge is 0.545 e. The van der Waals surface area contributed by atoms with Crippen molar-refractivity contribution in [2.75, 3.05) is 0 Å². The van der Waals surface area contributed by atoms with E-state index in [0.717, 1.165) is 0 Å². The van der Waals surface area contributed by atoms with Gasteiger partial charge in [0.15, 0.2) is 0 Å². The summed E-state index contributed by atoms with van der Waals surface area (Å²) in [5.74, 6) is -3.09. The van der Waals surface area contributed by atoms with Gasteiger partial charge >= 0.3 is 27.3 Å². The van der Waals surface area contributed by atoms with E-state index in [1.54, 1.807) is 0 Å². The minimum absolute atomic E-state index is 0. The van der Waals surface area contributed by atoms with Gasteiger partial charge in [-0.05, 0) is 12.2 Å². The zero-order chi connectivity index (χ0) is 6.57. The standard InChI is InChI=1S/C4H4O4.H2O.Pb/c5-3(6)1-2-4(7)8;;/h1-2H,(H,5,6)(H,7,8);1H2;/q;;+2/p-2/b2-1-;;. The number of carboxylic acid groups (broad SMARTS) is 2. The van der Waals surface area contributed by atoms with Crippen LogP contribution in [0.3, 0.4) is 0 Å². The van der Waals surface area contributed by atoms with Crippen LogP contribution in [0.4, 0.5) is 0 Å². The number of carbonyl (C=O) groups is 2. The van der Waals surface area contributed by atoms with Gasteiger partial charge in [0.1, 0.15) is 0 Å². The van der Waals surface area contributed by atoms with Crippen molar-refractivity contribution in [3.8, 4) is 0 Å². The number of aliphatic carboxylic acids is 2. The van der Waals surface area contributed by atoms with Crippen molar-refractivity contribution in [1.82, 2.24) is 0 Å². The normalized spacial score (nSPS) is 7.60. The molecule has 0 rings (SSSR count). The van der Waals surface area contributed by atoms with Gasteiger partial charge in [0.2, 0.25) is 0 Å². The van der Waals surface area contributed by atoms with Crippen LogP contribution in [0.15, 0.2) is 12.2 Å². The van der Waals surface area contributed by atoms with Crippen LogP contribution >= 0.6 is 0 Å². The molecule has 0 spiro atoms. The fraction of sp³-hybridized carbons (Fsp3) is 0. The Labute approximate surface area is 76.8 Å². The summed E-state index contributed by atoms with van der Waals surface area (Å²) in [7, 11) is 0. The predicted octanol–water partition coefficient (Wildman–Crippen LogP) is -4.16. The molecule has 0 atom stereocenters. The Morgan fingerprint density at radius 2 is 1.20 bits per heavy atom. The molecule has 10 heavy (non-hydrogen) atoms. The number of carbonyl (C=O) groups excluding carboxylic acids is 2. The van der Waals surface area contributed by atoms with E-state index in [1.807, 2.05) is 0 Å². The van der Waals surface area contributed by atoms with Gasteiger partial charge in [-0.3, -0.25) is 0 Å². The van der Waals surface area contributed by atoms with Gasteiger partial charge in [0.05, 0.1) is 11.9 Å². The first-order valence-corrected chi connectivity index (χ1v) is 1.73. The van der Waals surface area contributed by atoms with Gasteiger partial charge in [-0.15, -0.1) is 0 Å². The zero-order valence-corrected chi connectivity index (χ0v) is 8.68. The number of hydrogen-bond donors (Lipinski definition) is 0. The van der Waals surface area contributed by atoms with Gasteiger partial charge in [-0.1, -0.05) is 0 Å². The molecule has 0 heterocycles. The molecule has 54 valence electrons. The first kappa shape index (κ1) is 16.3. The van der Waals surface area contributed by atoms with E-state index in [0.29, 0.717) is 12.2 Å². The van der Waals surface area contributed by atoms with Crippen molar-refractivity contribution < 1.29 is 25.3 Å². The molecule has 0 aromatic carbocycles. The Morgan fingerprint density at radius 3 is 1.30 bits per heavy atom. The molecule has 0 aliphatic rings. The van der Waals surface area contributed by atoms with Crippen LogP contribution < -0.4 is 10.2 Å². The van der Waals surface area contributed by atoms with Gasteiger partial charge < -0.3 is 25.3 Å². The topological polar surface area (TPSA) is 112 Å². The van der Waals surface area contributed by atoms with Crippen molar-refractivity contribution in [1.29, 1.82) is 0 Å². The molecule has 0 fully saturated rings. The fourth-order valence-electron chi connectivity index (χ4n) is 0.136. The van der Waals surface area contributed by atoms with E-state index < -0.39 is 11.9 Å². The maximum atomic E-state index is 9.41. The molecular formula is C4H4O5Pb. The van der Waals surface area contributed by atoms with E-state index in [-0.39, 0.29) is 32.8 Å². The summed E-state index contributed by atoms with van der Waals surface area (Å²) in [6.45, 7) is 0. The first-order valence-electron chi connectivity index (χ1n) is 1.73. The number of hydrogen-bond acceptors (Lipinski definition) is 4. The average Bonchev–Trinajstić information content (AvgIpc) is 1.61. The van der Waals surface area contributed by atoms with Crippen LogP contribution in [0.2, 0.25) is 0 Å². The molecule has 5 nitrogen and oxygen atoms in total. The maximum absolute atomic E-state index is 9.41. The summed E-state index contributed by atoms with van der Waals surface area (Å²) >= 11 is 0. The molecule has 0 aromatic heterocycles. The third-order valence-corrected chi connectivity index (χ3v) is 0.355. The molecular weight excluding hydrogens is 335 g/mol. The van der Waals surface area contributed by atoms with Gasteiger partial charge in [0, 0.05) is 0 Å². The molecule has 0 aliphatic heterocycles. The average molecular weight is 339 g/mol. The fourth-order valence-corrected chi connectivity index (χ4v) is 0.136. The molecule has 0 unspecified atom stereocenters. The molecule has 0 bridgehead atoms. The molecule has 2 N–H and O–H groups in total. The van der Waals surface area contributed by atoms with E-state index in [2.05, 4.69) is 0 Å². The SMILES string of the molecule is O.O=C([O-])/C=C\C(=O)[O-].[Pb+2]. The largest absolute Gasteiger partial charge is 2.00 e. The van der Waals surface area contributed by atoms with Gasteiger partial charge in [0.25, 0.3) is 0 Å². The number of rotatable bonds is 2. The quantitative estimate of drug-likeness (QED) is 0.375. The van der Waals surface area contributed by atoms with Crippen molar-refractivity contribution in [2.24, 2.45) is 0 Å². The van der Waals surface area contributed by atoms with Crippen molar-refractivity contribution in [3.63, 3.8) is 0 Å². The van der Waals surface area contributed by atoms with E-state index in [4.69, 9.17) is 0 Å². The van der Waals surface area contributed by atoms with Crippen LogP contribution in [-0.2, 0) is 9.59 Å².